The largest absolute Gasteiger partial charge is 0.481 e. The first-order valence-corrected chi connectivity index (χ1v) is 11.2. The highest BCUT2D eigenvalue weighted by Gasteiger charge is 2.31. The number of carboxylic acids is 1. The zero-order chi connectivity index (χ0) is 22.4. The first-order chi connectivity index (χ1) is 15.4. The van der Waals surface area contributed by atoms with E-state index in [0.717, 1.165) is 31.9 Å². The average molecular weight is 456 g/mol. The third-order valence-corrected chi connectivity index (χ3v) is 6.91. The molecule has 5 rings (SSSR count). The van der Waals surface area contributed by atoms with Gasteiger partial charge in [-0.05, 0) is 30.7 Å². The lowest BCUT2D eigenvalue weighted by atomic mass is 9.78. The summed E-state index contributed by atoms with van der Waals surface area (Å²) in [6, 6.07) is 1.14. The summed E-state index contributed by atoms with van der Waals surface area (Å²) < 4.78 is 15.7. The van der Waals surface area contributed by atoms with E-state index in [1.165, 1.54) is 6.07 Å². The van der Waals surface area contributed by atoms with E-state index >= 15 is 0 Å². The molecule has 1 fully saturated rings. The van der Waals surface area contributed by atoms with E-state index in [4.69, 9.17) is 16.6 Å². The minimum atomic E-state index is -0.848. The topological polar surface area (TPSA) is 96.7 Å². The van der Waals surface area contributed by atoms with Crippen LogP contribution in [0.4, 0.5) is 4.39 Å². The highest BCUT2D eigenvalue weighted by Crippen LogP contribution is 2.40. The Balaban J connectivity index is 1.62. The number of carboxylic acid groups (broad SMARTS) is 1. The summed E-state index contributed by atoms with van der Waals surface area (Å²) in [6.45, 7) is 2.24. The van der Waals surface area contributed by atoms with Gasteiger partial charge in [-0.1, -0.05) is 31.4 Å². The molecule has 1 aliphatic rings. The Bertz CT molecular complexity index is 1310. The Labute approximate surface area is 188 Å². The number of hydrogen-bond acceptors (Lipinski definition) is 4. The van der Waals surface area contributed by atoms with Crippen LogP contribution in [0, 0.1) is 17.7 Å². The quantitative estimate of drug-likeness (QED) is 0.407. The molecule has 0 amide bonds. The Morgan fingerprint density at radius 1 is 1.28 bits per heavy atom. The van der Waals surface area contributed by atoms with Crippen LogP contribution in [0.2, 0.25) is 5.02 Å². The van der Waals surface area contributed by atoms with Gasteiger partial charge in [0.05, 0.1) is 23.0 Å². The van der Waals surface area contributed by atoms with Crippen LogP contribution in [0.3, 0.4) is 0 Å². The number of aromatic nitrogens is 5. The van der Waals surface area contributed by atoms with Crippen molar-refractivity contribution in [1.29, 1.82) is 0 Å². The van der Waals surface area contributed by atoms with Crippen molar-refractivity contribution in [3.63, 3.8) is 0 Å². The van der Waals surface area contributed by atoms with Crippen LogP contribution < -0.4 is 0 Å². The lowest BCUT2D eigenvalue weighted by Crippen LogP contribution is -2.26. The smallest absolute Gasteiger partial charge is 0.305 e. The predicted molar refractivity (Wildman–Crippen MR) is 120 cm³/mol. The number of H-pyrrole nitrogens is 1. The van der Waals surface area contributed by atoms with Gasteiger partial charge in [-0.25, -0.2) is 19.3 Å². The molecule has 4 heterocycles. The van der Waals surface area contributed by atoms with Gasteiger partial charge in [0.2, 0.25) is 0 Å². The maximum atomic E-state index is 13.8. The third-order valence-electron chi connectivity index (χ3n) is 6.61. The van der Waals surface area contributed by atoms with Crippen molar-refractivity contribution in [2.24, 2.45) is 11.8 Å². The molecule has 9 heteroatoms. The van der Waals surface area contributed by atoms with Gasteiger partial charge in [-0.2, -0.15) is 0 Å². The molecule has 7 nitrogen and oxygen atoms in total. The second kappa shape index (κ2) is 8.16. The fraction of sp³-hybridized carbons (Fsp3) is 0.391. The Hall–Kier alpha value is -3.00. The van der Waals surface area contributed by atoms with E-state index in [9.17, 15) is 14.3 Å². The van der Waals surface area contributed by atoms with Gasteiger partial charge in [-0.3, -0.25) is 4.79 Å². The molecule has 1 unspecified atom stereocenters. The van der Waals surface area contributed by atoms with E-state index in [2.05, 4.69) is 21.9 Å². The van der Waals surface area contributed by atoms with E-state index in [0.29, 0.717) is 44.4 Å². The Kier molecular flexibility index (Phi) is 5.33. The highest BCUT2D eigenvalue weighted by atomic mass is 35.5. The Morgan fingerprint density at radius 2 is 2.06 bits per heavy atom. The number of carbonyl (C=O) groups is 1. The first-order valence-electron chi connectivity index (χ1n) is 10.8. The fourth-order valence-electron chi connectivity index (χ4n) is 4.88. The standard InChI is InChI=1S/C23H23ClFN5O2/c1-12-2-4-13(5-3-12)19(7-20(31)32)30-11-18(24)17-10-28-22(29-23(17)30)16-9-27-21-15(16)6-14(25)8-26-21/h6,8-13,19H,2-5,7H2,1H3,(H,26,27)(H,31,32). The van der Waals surface area contributed by atoms with Crippen molar-refractivity contribution >= 4 is 39.6 Å². The molecule has 0 radical (unpaired) electrons. The molecule has 4 aromatic heterocycles. The minimum absolute atomic E-state index is 0.000704. The summed E-state index contributed by atoms with van der Waals surface area (Å²) in [5.74, 6) is 0.00162. The SMILES string of the molecule is CC1CCC(C(CC(=O)O)n2cc(Cl)c3cnc(-c4c[nH]c5ncc(F)cc45)nc32)CC1. The molecule has 1 aliphatic carbocycles. The van der Waals surface area contributed by atoms with Gasteiger partial charge < -0.3 is 14.7 Å². The van der Waals surface area contributed by atoms with Crippen LogP contribution in [0.5, 0.6) is 0 Å². The molecule has 0 spiro atoms. The number of fused-ring (bicyclic) bond motifs is 2. The van der Waals surface area contributed by atoms with Gasteiger partial charge in [0, 0.05) is 35.6 Å². The molecule has 0 aromatic carbocycles. The van der Waals surface area contributed by atoms with Crippen LogP contribution in [0.15, 0.2) is 30.9 Å². The van der Waals surface area contributed by atoms with Gasteiger partial charge in [0.25, 0.3) is 0 Å². The maximum absolute atomic E-state index is 13.8. The maximum Gasteiger partial charge on any atom is 0.305 e. The minimum Gasteiger partial charge on any atom is -0.481 e. The number of hydrogen-bond donors (Lipinski definition) is 2. The number of aliphatic carboxylic acids is 1. The van der Waals surface area contributed by atoms with Crippen molar-refractivity contribution in [3.8, 4) is 11.4 Å². The molecule has 0 bridgehead atoms. The molecule has 32 heavy (non-hydrogen) atoms. The van der Waals surface area contributed by atoms with Crippen molar-refractivity contribution in [3.05, 3.63) is 41.7 Å². The molecule has 166 valence electrons. The molecular formula is C23H23ClFN5O2. The second-order valence-electron chi connectivity index (χ2n) is 8.75. The molecule has 1 saturated carbocycles. The van der Waals surface area contributed by atoms with Crippen LogP contribution in [-0.4, -0.2) is 35.6 Å². The zero-order valence-electron chi connectivity index (χ0n) is 17.6. The molecule has 0 saturated heterocycles. The summed E-state index contributed by atoms with van der Waals surface area (Å²) in [5.41, 5.74) is 1.75. The summed E-state index contributed by atoms with van der Waals surface area (Å²) in [6.07, 6.45) is 10.4. The van der Waals surface area contributed by atoms with Gasteiger partial charge in [0.15, 0.2) is 5.82 Å². The molecule has 1 atom stereocenters. The van der Waals surface area contributed by atoms with Crippen molar-refractivity contribution in [1.82, 2.24) is 24.5 Å². The van der Waals surface area contributed by atoms with Crippen LogP contribution in [0.25, 0.3) is 33.5 Å². The van der Waals surface area contributed by atoms with Crippen molar-refractivity contribution in [2.45, 2.75) is 45.1 Å². The third kappa shape index (κ3) is 3.72. The van der Waals surface area contributed by atoms with Crippen molar-refractivity contribution < 1.29 is 14.3 Å². The summed E-state index contributed by atoms with van der Waals surface area (Å²) in [7, 11) is 0. The summed E-state index contributed by atoms with van der Waals surface area (Å²) >= 11 is 6.50. The number of pyridine rings is 1. The lowest BCUT2D eigenvalue weighted by Gasteiger charge is -2.33. The van der Waals surface area contributed by atoms with Crippen LogP contribution in [0.1, 0.15) is 45.1 Å². The number of aromatic amines is 1. The van der Waals surface area contributed by atoms with E-state index in [-0.39, 0.29) is 18.4 Å². The van der Waals surface area contributed by atoms with Gasteiger partial charge in [0.1, 0.15) is 17.1 Å². The number of rotatable bonds is 5. The van der Waals surface area contributed by atoms with Crippen LogP contribution in [-0.2, 0) is 4.79 Å². The van der Waals surface area contributed by atoms with Gasteiger partial charge in [-0.15, -0.1) is 0 Å². The summed E-state index contributed by atoms with van der Waals surface area (Å²) in [4.78, 5) is 28.0. The molecule has 4 aromatic rings. The van der Waals surface area contributed by atoms with Crippen LogP contribution >= 0.6 is 11.6 Å². The first kappa shape index (κ1) is 20.9. The second-order valence-corrected chi connectivity index (χ2v) is 9.16. The normalized spacial score (nSPS) is 20.1. The number of nitrogens with one attached hydrogen (secondary N) is 1. The lowest BCUT2D eigenvalue weighted by molar-refractivity contribution is -0.138. The van der Waals surface area contributed by atoms with Gasteiger partial charge >= 0.3 is 5.97 Å². The zero-order valence-corrected chi connectivity index (χ0v) is 18.3. The highest BCUT2D eigenvalue weighted by molar-refractivity contribution is 6.35. The monoisotopic (exact) mass is 455 g/mol. The van der Waals surface area contributed by atoms with E-state index in [1.54, 1.807) is 18.6 Å². The van der Waals surface area contributed by atoms with E-state index in [1.807, 2.05) is 4.57 Å². The van der Waals surface area contributed by atoms with E-state index < -0.39 is 11.8 Å². The molecule has 2 N–H and O–H groups in total. The number of nitrogens with zero attached hydrogens (tertiary/aromatic N) is 4. The Morgan fingerprint density at radius 3 is 2.81 bits per heavy atom. The number of halogens is 2. The summed E-state index contributed by atoms with van der Waals surface area (Å²) in [5, 5.41) is 11.4. The average Bonchev–Trinajstić information content (AvgIpc) is 3.33. The van der Waals surface area contributed by atoms with Crippen molar-refractivity contribution in [2.75, 3.05) is 0 Å². The predicted octanol–water partition coefficient (Wildman–Crippen LogP) is 5.61. The molecular weight excluding hydrogens is 433 g/mol. The molecule has 0 aliphatic heterocycles. The fourth-order valence-corrected chi connectivity index (χ4v) is 5.12.